The van der Waals surface area contributed by atoms with Gasteiger partial charge in [-0.1, -0.05) is 0 Å². The first kappa shape index (κ1) is 11.3. The number of fused-ring (bicyclic) bond motifs is 1. The molecule has 0 saturated heterocycles. The third kappa shape index (κ3) is 1.91. The molecule has 0 bridgehead atoms. The van der Waals surface area contributed by atoms with Crippen molar-refractivity contribution in [2.75, 3.05) is 7.11 Å². The van der Waals surface area contributed by atoms with Crippen molar-refractivity contribution >= 4 is 16.9 Å². The van der Waals surface area contributed by atoms with Gasteiger partial charge in [-0.2, -0.15) is 0 Å². The zero-order valence-electron chi connectivity index (χ0n) is 9.32. The molecule has 0 saturated carbocycles. The maximum Gasteiger partial charge on any atom is 0.354 e. The zero-order valence-corrected chi connectivity index (χ0v) is 9.32. The predicted octanol–water partition coefficient (Wildman–Crippen LogP) is 2.39. The van der Waals surface area contributed by atoms with Gasteiger partial charge in [0.1, 0.15) is 11.6 Å². The summed E-state index contributed by atoms with van der Waals surface area (Å²) in [6.45, 7) is 1.62. The quantitative estimate of drug-likeness (QED) is 0.868. The number of benzene rings is 1. The van der Waals surface area contributed by atoms with Crippen LogP contribution in [0.2, 0.25) is 0 Å². The number of aryl methyl sites for hydroxylation is 1. The lowest BCUT2D eigenvalue weighted by atomic mass is 10.1. The topological polar surface area (TPSA) is 59.4 Å². The van der Waals surface area contributed by atoms with Gasteiger partial charge >= 0.3 is 5.97 Å². The Kier molecular flexibility index (Phi) is 2.67. The molecule has 2 aromatic rings. The van der Waals surface area contributed by atoms with Crippen molar-refractivity contribution in [2.24, 2.45) is 0 Å². The van der Waals surface area contributed by atoms with Crippen molar-refractivity contribution in [1.82, 2.24) is 4.98 Å². The van der Waals surface area contributed by atoms with Crippen LogP contribution >= 0.6 is 0 Å². The number of rotatable bonds is 2. The Balaban J connectivity index is 2.82. The van der Waals surface area contributed by atoms with Crippen LogP contribution in [-0.4, -0.2) is 23.2 Å². The number of carboxylic acids is 1. The second-order valence-corrected chi connectivity index (χ2v) is 3.63. The van der Waals surface area contributed by atoms with E-state index in [1.807, 2.05) is 0 Å². The maximum absolute atomic E-state index is 13.4. The Hall–Kier alpha value is -2.17. The number of halogens is 1. The van der Waals surface area contributed by atoms with Crippen molar-refractivity contribution in [3.63, 3.8) is 0 Å². The lowest BCUT2D eigenvalue weighted by Crippen LogP contribution is -2.02. The number of aromatic carboxylic acids is 1. The van der Waals surface area contributed by atoms with Crippen molar-refractivity contribution in [2.45, 2.75) is 6.92 Å². The number of hydrogen-bond donors (Lipinski definition) is 1. The normalized spacial score (nSPS) is 10.5. The Morgan fingerprint density at radius 2 is 2.12 bits per heavy atom. The van der Waals surface area contributed by atoms with Crippen LogP contribution in [0.25, 0.3) is 10.9 Å². The van der Waals surface area contributed by atoms with Gasteiger partial charge in [-0.05, 0) is 18.6 Å². The first-order valence-electron chi connectivity index (χ1n) is 4.91. The van der Waals surface area contributed by atoms with Crippen molar-refractivity contribution in [3.8, 4) is 5.75 Å². The largest absolute Gasteiger partial charge is 0.496 e. The smallest absolute Gasteiger partial charge is 0.354 e. The SMILES string of the molecule is COc1cc(C(=O)O)nc2cc(F)c(C)cc12. The van der Waals surface area contributed by atoms with E-state index in [0.717, 1.165) is 0 Å². The van der Waals surface area contributed by atoms with Gasteiger partial charge in [0, 0.05) is 17.5 Å². The number of pyridine rings is 1. The molecule has 1 N–H and O–H groups in total. The molecule has 0 amide bonds. The van der Waals surface area contributed by atoms with Gasteiger partial charge in [-0.3, -0.25) is 0 Å². The minimum atomic E-state index is -1.17. The third-order valence-electron chi connectivity index (χ3n) is 2.49. The summed E-state index contributed by atoms with van der Waals surface area (Å²) in [6.07, 6.45) is 0. The Morgan fingerprint density at radius 1 is 1.41 bits per heavy atom. The number of ether oxygens (including phenoxy) is 1. The first-order chi connectivity index (χ1) is 8.02. The molecule has 0 aliphatic carbocycles. The Labute approximate surface area is 96.7 Å². The van der Waals surface area contributed by atoms with E-state index >= 15 is 0 Å². The highest BCUT2D eigenvalue weighted by Gasteiger charge is 2.13. The van der Waals surface area contributed by atoms with Crippen molar-refractivity contribution in [1.29, 1.82) is 0 Å². The molecule has 0 aliphatic heterocycles. The average Bonchev–Trinajstić information content (AvgIpc) is 2.29. The minimum Gasteiger partial charge on any atom is -0.496 e. The number of methoxy groups -OCH3 is 1. The van der Waals surface area contributed by atoms with E-state index in [4.69, 9.17) is 9.84 Å². The van der Waals surface area contributed by atoms with E-state index in [-0.39, 0.29) is 11.2 Å². The molecule has 0 atom stereocenters. The van der Waals surface area contributed by atoms with E-state index in [0.29, 0.717) is 16.7 Å². The number of carboxylic acid groups (broad SMARTS) is 1. The second-order valence-electron chi connectivity index (χ2n) is 3.63. The second kappa shape index (κ2) is 4.01. The predicted molar refractivity (Wildman–Crippen MR) is 59.9 cm³/mol. The summed E-state index contributed by atoms with van der Waals surface area (Å²) in [6, 6.07) is 4.11. The third-order valence-corrected chi connectivity index (χ3v) is 2.49. The summed E-state index contributed by atoms with van der Waals surface area (Å²) in [7, 11) is 1.43. The summed E-state index contributed by atoms with van der Waals surface area (Å²) < 4.78 is 18.5. The molecule has 0 unspecified atom stereocenters. The maximum atomic E-state index is 13.4. The van der Waals surface area contributed by atoms with Gasteiger partial charge in [0.15, 0.2) is 5.69 Å². The van der Waals surface area contributed by atoms with E-state index in [1.54, 1.807) is 13.0 Å². The molecule has 4 nitrogen and oxygen atoms in total. The van der Waals surface area contributed by atoms with Gasteiger partial charge in [-0.15, -0.1) is 0 Å². The number of carbonyl (C=O) groups is 1. The fourth-order valence-electron chi connectivity index (χ4n) is 1.60. The molecule has 0 spiro atoms. The van der Waals surface area contributed by atoms with Crippen molar-refractivity contribution < 1.29 is 19.0 Å². The minimum absolute atomic E-state index is 0.169. The molecule has 1 aromatic carbocycles. The monoisotopic (exact) mass is 235 g/mol. The van der Waals surface area contributed by atoms with Gasteiger partial charge < -0.3 is 9.84 Å². The van der Waals surface area contributed by atoms with Gasteiger partial charge in [0.25, 0.3) is 0 Å². The fraction of sp³-hybridized carbons (Fsp3) is 0.167. The molecule has 0 aliphatic rings. The molecule has 5 heteroatoms. The molecule has 0 radical (unpaired) electrons. The summed E-state index contributed by atoms with van der Waals surface area (Å²) in [5.74, 6) is -1.23. The van der Waals surface area contributed by atoms with Crippen LogP contribution in [0.3, 0.4) is 0 Å². The van der Waals surface area contributed by atoms with Crippen LogP contribution in [0.4, 0.5) is 4.39 Å². The van der Waals surface area contributed by atoms with E-state index in [9.17, 15) is 9.18 Å². The van der Waals surface area contributed by atoms with E-state index < -0.39 is 11.8 Å². The zero-order chi connectivity index (χ0) is 12.6. The van der Waals surface area contributed by atoms with E-state index in [1.165, 1.54) is 19.2 Å². The highest BCUT2D eigenvalue weighted by atomic mass is 19.1. The molecule has 17 heavy (non-hydrogen) atoms. The van der Waals surface area contributed by atoms with Crippen LogP contribution < -0.4 is 4.74 Å². The summed E-state index contributed by atoms with van der Waals surface area (Å²) in [4.78, 5) is 14.7. The fourth-order valence-corrected chi connectivity index (χ4v) is 1.60. The molecule has 88 valence electrons. The van der Waals surface area contributed by atoms with E-state index in [2.05, 4.69) is 4.98 Å². The summed E-state index contributed by atoms with van der Waals surface area (Å²) >= 11 is 0. The van der Waals surface area contributed by atoms with Crippen LogP contribution in [0.1, 0.15) is 16.1 Å². The lowest BCUT2D eigenvalue weighted by molar-refractivity contribution is 0.0690. The molecule has 0 fully saturated rings. The first-order valence-corrected chi connectivity index (χ1v) is 4.91. The molecular weight excluding hydrogens is 225 g/mol. The number of aromatic nitrogens is 1. The standard InChI is InChI=1S/C12H10FNO3/c1-6-3-7-9(4-8(6)13)14-10(12(15)16)5-11(7)17-2/h3-5H,1-2H3,(H,15,16). The molecule has 2 rings (SSSR count). The average molecular weight is 235 g/mol. The molecule has 1 heterocycles. The van der Waals surface area contributed by atoms with Crippen LogP contribution in [0.15, 0.2) is 18.2 Å². The van der Waals surface area contributed by atoms with Gasteiger partial charge in [0.05, 0.1) is 12.6 Å². The van der Waals surface area contributed by atoms with Crippen LogP contribution in [0.5, 0.6) is 5.75 Å². The van der Waals surface area contributed by atoms with Crippen LogP contribution in [0, 0.1) is 12.7 Å². The highest BCUT2D eigenvalue weighted by Crippen LogP contribution is 2.27. The highest BCUT2D eigenvalue weighted by molar-refractivity contribution is 5.93. The molecular formula is C12H10FNO3. The van der Waals surface area contributed by atoms with Crippen molar-refractivity contribution in [3.05, 3.63) is 35.3 Å². The van der Waals surface area contributed by atoms with Gasteiger partial charge in [0.2, 0.25) is 0 Å². The lowest BCUT2D eigenvalue weighted by Gasteiger charge is -2.07. The molecule has 1 aromatic heterocycles. The Morgan fingerprint density at radius 3 is 2.71 bits per heavy atom. The van der Waals surface area contributed by atoms with Crippen LogP contribution in [-0.2, 0) is 0 Å². The Bertz CT molecular complexity index is 610. The summed E-state index contributed by atoms with van der Waals surface area (Å²) in [5, 5.41) is 9.47. The van der Waals surface area contributed by atoms with Gasteiger partial charge in [-0.25, -0.2) is 14.2 Å². The summed E-state index contributed by atoms with van der Waals surface area (Å²) in [5.41, 5.74) is 0.558. The number of hydrogen-bond acceptors (Lipinski definition) is 3. The number of nitrogens with zero attached hydrogens (tertiary/aromatic N) is 1.